The predicted molar refractivity (Wildman–Crippen MR) is 68.8 cm³/mol. The minimum absolute atomic E-state index is 0.0410. The molecule has 92 valence electrons. The van der Waals surface area contributed by atoms with Crippen molar-refractivity contribution in [3.63, 3.8) is 0 Å². The van der Waals surface area contributed by atoms with Gasteiger partial charge in [-0.2, -0.15) is 0 Å². The first-order valence-corrected chi connectivity index (χ1v) is 6.06. The quantitative estimate of drug-likeness (QED) is 0.714. The summed E-state index contributed by atoms with van der Waals surface area (Å²) in [5, 5.41) is 3.30. The molecule has 1 atom stereocenters. The molecule has 0 spiro atoms. The smallest absolute Gasteiger partial charge is 0.256 e. The number of nitrogen functional groups attached to an aromatic ring is 1. The van der Waals surface area contributed by atoms with Gasteiger partial charge in [0.15, 0.2) is 0 Å². The Kier molecular flexibility index (Phi) is 3.64. The van der Waals surface area contributed by atoms with Gasteiger partial charge in [0.1, 0.15) is 0 Å². The van der Waals surface area contributed by atoms with Crippen LogP contribution in [0.15, 0.2) is 24.3 Å². The van der Waals surface area contributed by atoms with Gasteiger partial charge in [0.25, 0.3) is 5.91 Å². The molecule has 0 unspecified atom stereocenters. The molecule has 17 heavy (non-hydrogen) atoms. The average Bonchev–Trinajstić information content (AvgIpc) is 2.54. The average molecular weight is 233 g/mol. The zero-order valence-electron chi connectivity index (χ0n) is 10.1. The molecule has 1 fully saturated rings. The first-order valence-electron chi connectivity index (χ1n) is 6.06. The Morgan fingerprint density at radius 1 is 1.41 bits per heavy atom. The summed E-state index contributed by atoms with van der Waals surface area (Å²) >= 11 is 0. The summed E-state index contributed by atoms with van der Waals surface area (Å²) in [6.45, 7) is 4.65. The Morgan fingerprint density at radius 2 is 2.18 bits per heavy atom. The summed E-state index contributed by atoms with van der Waals surface area (Å²) in [6, 6.07) is 7.53. The van der Waals surface area contributed by atoms with Crippen LogP contribution in [0.25, 0.3) is 0 Å². The minimum Gasteiger partial charge on any atom is -0.398 e. The van der Waals surface area contributed by atoms with Gasteiger partial charge >= 0.3 is 0 Å². The lowest BCUT2D eigenvalue weighted by Crippen LogP contribution is -2.39. The van der Waals surface area contributed by atoms with E-state index in [-0.39, 0.29) is 11.9 Å². The van der Waals surface area contributed by atoms with Gasteiger partial charge in [0.2, 0.25) is 0 Å². The minimum atomic E-state index is 0.0410. The number of hydrogen-bond acceptors (Lipinski definition) is 3. The number of carbonyl (C=O) groups excluding carboxylic acids is 1. The fraction of sp³-hybridized carbons (Fsp3) is 0.462. The van der Waals surface area contributed by atoms with Crippen molar-refractivity contribution in [1.82, 2.24) is 10.2 Å². The second-order valence-corrected chi connectivity index (χ2v) is 4.47. The molecule has 2 rings (SSSR count). The molecule has 0 aromatic heterocycles. The van der Waals surface area contributed by atoms with Crippen LogP contribution in [0.3, 0.4) is 0 Å². The Labute approximate surface area is 102 Å². The molecular formula is C13H19N3O. The van der Waals surface area contributed by atoms with Gasteiger partial charge < -0.3 is 16.0 Å². The Hall–Kier alpha value is -1.55. The molecule has 1 aromatic rings. The molecule has 3 N–H and O–H groups in total. The van der Waals surface area contributed by atoms with Crippen LogP contribution in [-0.4, -0.2) is 36.5 Å². The number of nitrogens with one attached hydrogen (secondary N) is 1. The summed E-state index contributed by atoms with van der Waals surface area (Å²) in [5.74, 6) is 0.0410. The topological polar surface area (TPSA) is 58.4 Å². The fourth-order valence-corrected chi connectivity index (χ4v) is 2.16. The van der Waals surface area contributed by atoms with Crippen molar-refractivity contribution in [3.8, 4) is 0 Å². The van der Waals surface area contributed by atoms with Gasteiger partial charge in [0, 0.05) is 24.8 Å². The van der Waals surface area contributed by atoms with Gasteiger partial charge in [-0.3, -0.25) is 4.79 Å². The van der Waals surface area contributed by atoms with Crippen molar-refractivity contribution < 1.29 is 4.79 Å². The van der Waals surface area contributed by atoms with Gasteiger partial charge in [-0.1, -0.05) is 12.1 Å². The Balaban J connectivity index is 2.21. The maximum absolute atomic E-state index is 12.4. The number of rotatable bonds is 1. The Bertz CT molecular complexity index is 405. The lowest BCUT2D eigenvalue weighted by molar-refractivity contribution is 0.0706. The van der Waals surface area contributed by atoms with Crippen molar-refractivity contribution in [2.75, 3.05) is 25.4 Å². The largest absolute Gasteiger partial charge is 0.398 e. The lowest BCUT2D eigenvalue weighted by Gasteiger charge is -2.27. The third kappa shape index (κ3) is 2.58. The number of carbonyl (C=O) groups is 1. The van der Waals surface area contributed by atoms with Crippen LogP contribution in [0, 0.1) is 0 Å². The number of anilines is 1. The molecule has 1 aliphatic heterocycles. The van der Waals surface area contributed by atoms with Gasteiger partial charge in [0.05, 0.1) is 5.56 Å². The van der Waals surface area contributed by atoms with Crippen molar-refractivity contribution in [1.29, 1.82) is 0 Å². The zero-order chi connectivity index (χ0) is 12.3. The van der Waals surface area contributed by atoms with Crippen molar-refractivity contribution >= 4 is 11.6 Å². The van der Waals surface area contributed by atoms with E-state index < -0.39 is 0 Å². The first-order chi connectivity index (χ1) is 8.20. The molecule has 1 aliphatic rings. The highest BCUT2D eigenvalue weighted by molar-refractivity contribution is 5.99. The van der Waals surface area contributed by atoms with Gasteiger partial charge in [-0.05, 0) is 32.0 Å². The summed E-state index contributed by atoms with van der Waals surface area (Å²) in [5.41, 5.74) is 7.02. The maximum atomic E-state index is 12.4. The van der Waals surface area contributed by atoms with E-state index in [9.17, 15) is 4.79 Å². The highest BCUT2D eigenvalue weighted by Gasteiger charge is 2.23. The van der Waals surface area contributed by atoms with Gasteiger partial charge in [-0.25, -0.2) is 0 Å². The molecule has 1 saturated heterocycles. The highest BCUT2D eigenvalue weighted by Crippen LogP contribution is 2.16. The van der Waals surface area contributed by atoms with E-state index in [0.29, 0.717) is 11.3 Å². The van der Waals surface area contributed by atoms with Crippen LogP contribution in [0.2, 0.25) is 0 Å². The van der Waals surface area contributed by atoms with Crippen LogP contribution >= 0.6 is 0 Å². The molecular weight excluding hydrogens is 214 g/mol. The molecule has 1 heterocycles. The maximum Gasteiger partial charge on any atom is 0.256 e. The number of benzene rings is 1. The summed E-state index contributed by atoms with van der Waals surface area (Å²) in [7, 11) is 0. The molecule has 0 aliphatic carbocycles. The molecule has 0 radical (unpaired) electrons. The van der Waals surface area contributed by atoms with E-state index in [1.54, 1.807) is 12.1 Å². The van der Waals surface area contributed by atoms with E-state index in [0.717, 1.165) is 26.1 Å². The molecule has 1 aromatic carbocycles. The van der Waals surface area contributed by atoms with E-state index >= 15 is 0 Å². The highest BCUT2D eigenvalue weighted by atomic mass is 16.2. The molecule has 0 saturated carbocycles. The Morgan fingerprint density at radius 3 is 2.94 bits per heavy atom. The van der Waals surface area contributed by atoms with E-state index in [1.165, 1.54) is 0 Å². The number of para-hydroxylation sites is 1. The summed E-state index contributed by atoms with van der Waals surface area (Å²) in [6.07, 6.45) is 0.985. The van der Waals surface area contributed by atoms with Crippen LogP contribution in [0.1, 0.15) is 23.7 Å². The molecule has 4 heteroatoms. The normalized spacial score (nSPS) is 21.0. The zero-order valence-corrected chi connectivity index (χ0v) is 10.1. The molecule has 4 nitrogen and oxygen atoms in total. The molecule has 1 amide bonds. The van der Waals surface area contributed by atoms with Crippen LogP contribution in [0.4, 0.5) is 5.69 Å². The summed E-state index contributed by atoms with van der Waals surface area (Å²) < 4.78 is 0. The van der Waals surface area contributed by atoms with E-state index in [2.05, 4.69) is 12.2 Å². The number of amides is 1. The predicted octanol–water partition coefficient (Wildman–Crippen LogP) is 1.09. The van der Waals surface area contributed by atoms with Crippen molar-refractivity contribution in [2.24, 2.45) is 0 Å². The monoisotopic (exact) mass is 233 g/mol. The number of hydrogen-bond donors (Lipinski definition) is 2. The lowest BCUT2D eigenvalue weighted by atomic mass is 10.1. The standard InChI is InChI=1S/C13H19N3O/c1-10-6-7-15-8-9-16(10)13(17)11-4-2-3-5-12(11)14/h2-5,10,15H,6-9,14H2,1H3/t10-/m1/s1. The van der Waals surface area contributed by atoms with Crippen LogP contribution in [-0.2, 0) is 0 Å². The van der Waals surface area contributed by atoms with Crippen molar-refractivity contribution in [3.05, 3.63) is 29.8 Å². The van der Waals surface area contributed by atoms with Crippen LogP contribution in [0.5, 0.6) is 0 Å². The number of nitrogens with two attached hydrogens (primary N) is 1. The van der Waals surface area contributed by atoms with Crippen LogP contribution < -0.4 is 11.1 Å². The van der Waals surface area contributed by atoms with E-state index in [1.807, 2.05) is 17.0 Å². The summed E-state index contributed by atoms with van der Waals surface area (Å²) in [4.78, 5) is 14.3. The van der Waals surface area contributed by atoms with Gasteiger partial charge in [-0.15, -0.1) is 0 Å². The molecule has 0 bridgehead atoms. The van der Waals surface area contributed by atoms with Crippen molar-refractivity contribution in [2.45, 2.75) is 19.4 Å². The fourth-order valence-electron chi connectivity index (χ4n) is 2.16. The number of nitrogens with zero attached hydrogens (tertiary/aromatic N) is 1. The first kappa shape index (κ1) is 11.9. The SMILES string of the molecule is C[C@@H]1CCNCCN1C(=O)c1ccccc1N. The third-order valence-electron chi connectivity index (χ3n) is 3.25. The van der Waals surface area contributed by atoms with E-state index in [4.69, 9.17) is 5.73 Å². The second-order valence-electron chi connectivity index (χ2n) is 4.47. The second kappa shape index (κ2) is 5.19. The third-order valence-corrected chi connectivity index (χ3v) is 3.25.